The maximum atomic E-state index is 5.18. The lowest BCUT2D eigenvalue weighted by atomic mass is 10.0. The second-order valence-electron chi connectivity index (χ2n) is 9.69. The molecule has 0 aliphatic rings. The molecular weight excluding hydrogens is 494 g/mol. The molecule has 0 amide bonds. The van der Waals surface area contributed by atoms with Crippen LogP contribution in [0.15, 0.2) is 128 Å². The van der Waals surface area contributed by atoms with E-state index in [4.69, 9.17) is 15.0 Å². The van der Waals surface area contributed by atoms with E-state index < -0.39 is 0 Å². The van der Waals surface area contributed by atoms with E-state index in [1.807, 2.05) is 18.3 Å². The van der Waals surface area contributed by atoms with Crippen LogP contribution in [0.4, 0.5) is 0 Å². The normalized spacial score (nSPS) is 11.6. The van der Waals surface area contributed by atoms with E-state index in [0.717, 1.165) is 48.7 Å². The molecular formula is C35H21N3S. The van der Waals surface area contributed by atoms with Crippen molar-refractivity contribution in [3.8, 4) is 33.8 Å². The van der Waals surface area contributed by atoms with Crippen LogP contribution in [0.1, 0.15) is 0 Å². The van der Waals surface area contributed by atoms with E-state index in [9.17, 15) is 0 Å². The highest BCUT2D eigenvalue weighted by atomic mass is 32.1. The van der Waals surface area contributed by atoms with Gasteiger partial charge in [0.25, 0.3) is 0 Å². The minimum absolute atomic E-state index is 0.713. The zero-order valence-electron chi connectivity index (χ0n) is 20.9. The molecule has 8 aromatic rings. The predicted molar refractivity (Wildman–Crippen MR) is 164 cm³/mol. The van der Waals surface area contributed by atoms with Crippen LogP contribution in [0.25, 0.3) is 75.8 Å². The summed E-state index contributed by atoms with van der Waals surface area (Å²) in [6.07, 6.45) is 1.94. The maximum Gasteiger partial charge on any atom is 0.160 e. The van der Waals surface area contributed by atoms with E-state index in [2.05, 4.69) is 109 Å². The number of thiophene rings is 1. The third-order valence-electron chi connectivity index (χ3n) is 7.33. The van der Waals surface area contributed by atoms with E-state index in [0.29, 0.717) is 5.82 Å². The largest absolute Gasteiger partial charge is 0.256 e. The molecule has 39 heavy (non-hydrogen) atoms. The molecule has 3 heterocycles. The number of fused-ring (bicyclic) bond motifs is 6. The minimum Gasteiger partial charge on any atom is -0.256 e. The van der Waals surface area contributed by atoms with Crippen molar-refractivity contribution in [1.82, 2.24) is 15.0 Å². The Labute approximate surface area is 229 Å². The van der Waals surface area contributed by atoms with Gasteiger partial charge in [0.2, 0.25) is 0 Å². The number of aromatic nitrogens is 3. The third-order valence-corrected chi connectivity index (χ3v) is 8.50. The van der Waals surface area contributed by atoms with Crippen molar-refractivity contribution in [3.05, 3.63) is 128 Å². The van der Waals surface area contributed by atoms with Gasteiger partial charge in [-0.15, -0.1) is 11.3 Å². The molecule has 8 rings (SSSR count). The highest BCUT2D eigenvalue weighted by Gasteiger charge is 2.17. The van der Waals surface area contributed by atoms with Crippen molar-refractivity contribution in [2.45, 2.75) is 0 Å². The summed E-state index contributed by atoms with van der Waals surface area (Å²) in [6, 6.07) is 42.4. The van der Waals surface area contributed by atoms with Crippen LogP contribution in [0, 0.1) is 0 Å². The Balaban J connectivity index is 1.33. The van der Waals surface area contributed by atoms with Crippen LogP contribution >= 0.6 is 11.3 Å². The minimum atomic E-state index is 0.713. The molecule has 0 atom stereocenters. The van der Waals surface area contributed by atoms with E-state index in [-0.39, 0.29) is 0 Å². The standard InChI is InChI=1S/C35H21N3S/c1-2-8-22(9-3-1)23-14-16-24(17-15-23)32-34-33(29-12-6-7-13-31(29)39-34)38-35(37-32)25-18-19-28-27-11-5-4-10-26(27)21-36-30(28)20-25/h1-21H. The van der Waals surface area contributed by atoms with E-state index in [1.165, 1.54) is 21.2 Å². The van der Waals surface area contributed by atoms with Gasteiger partial charge in [0.05, 0.1) is 21.4 Å². The molecule has 0 bridgehead atoms. The van der Waals surface area contributed by atoms with Gasteiger partial charge in [-0.2, -0.15) is 0 Å². The number of rotatable bonds is 3. The van der Waals surface area contributed by atoms with Gasteiger partial charge in [0.1, 0.15) is 0 Å². The molecule has 0 spiro atoms. The summed E-state index contributed by atoms with van der Waals surface area (Å²) >= 11 is 1.75. The van der Waals surface area contributed by atoms with Gasteiger partial charge in [-0.1, -0.05) is 109 Å². The third kappa shape index (κ3) is 3.69. The van der Waals surface area contributed by atoms with Gasteiger partial charge in [-0.3, -0.25) is 4.98 Å². The van der Waals surface area contributed by atoms with Crippen LogP contribution in [0.2, 0.25) is 0 Å². The number of benzene rings is 5. The maximum absolute atomic E-state index is 5.18. The van der Waals surface area contributed by atoms with Crippen molar-refractivity contribution < 1.29 is 0 Å². The van der Waals surface area contributed by atoms with Crippen LogP contribution in [-0.2, 0) is 0 Å². The monoisotopic (exact) mass is 515 g/mol. The first kappa shape index (κ1) is 22.1. The Morgan fingerprint density at radius 3 is 2.08 bits per heavy atom. The topological polar surface area (TPSA) is 38.7 Å². The Morgan fingerprint density at radius 1 is 0.513 bits per heavy atom. The van der Waals surface area contributed by atoms with Crippen LogP contribution in [0.3, 0.4) is 0 Å². The lowest BCUT2D eigenvalue weighted by molar-refractivity contribution is 1.24. The molecule has 0 saturated heterocycles. The first-order chi connectivity index (χ1) is 19.3. The van der Waals surface area contributed by atoms with Gasteiger partial charge in [-0.25, -0.2) is 9.97 Å². The predicted octanol–water partition coefficient (Wildman–Crippen LogP) is 9.55. The zero-order chi connectivity index (χ0) is 25.8. The Hall–Kier alpha value is -4.93. The number of hydrogen-bond donors (Lipinski definition) is 0. The summed E-state index contributed by atoms with van der Waals surface area (Å²) in [7, 11) is 0. The Bertz CT molecular complexity index is 2160. The lowest BCUT2D eigenvalue weighted by Crippen LogP contribution is -1.94. The summed E-state index contributed by atoms with van der Waals surface area (Å²) in [5, 5.41) is 4.64. The summed E-state index contributed by atoms with van der Waals surface area (Å²) < 4.78 is 2.32. The van der Waals surface area contributed by atoms with Crippen molar-refractivity contribution in [3.63, 3.8) is 0 Å². The molecule has 0 saturated carbocycles. The highest BCUT2D eigenvalue weighted by molar-refractivity contribution is 7.26. The van der Waals surface area contributed by atoms with Gasteiger partial charge in [0, 0.05) is 38.2 Å². The average Bonchev–Trinajstić information content (AvgIpc) is 3.39. The molecule has 5 aromatic carbocycles. The van der Waals surface area contributed by atoms with Crippen LogP contribution in [0.5, 0.6) is 0 Å². The smallest absolute Gasteiger partial charge is 0.160 e. The Morgan fingerprint density at radius 2 is 1.21 bits per heavy atom. The molecule has 0 radical (unpaired) electrons. The number of hydrogen-bond acceptors (Lipinski definition) is 4. The highest BCUT2D eigenvalue weighted by Crippen LogP contribution is 2.40. The quantitative estimate of drug-likeness (QED) is 0.220. The first-order valence-corrected chi connectivity index (χ1v) is 13.8. The first-order valence-electron chi connectivity index (χ1n) is 12.9. The molecule has 0 aliphatic carbocycles. The SMILES string of the molecule is c1ccc(-c2ccc(-c3nc(-c4ccc5c(c4)ncc4ccccc45)nc4c3sc3ccccc34)cc2)cc1. The van der Waals surface area contributed by atoms with Crippen LogP contribution < -0.4 is 0 Å². The molecule has 3 nitrogen and oxygen atoms in total. The molecule has 182 valence electrons. The van der Waals surface area contributed by atoms with Gasteiger partial charge >= 0.3 is 0 Å². The fraction of sp³-hybridized carbons (Fsp3) is 0. The van der Waals surface area contributed by atoms with E-state index in [1.54, 1.807) is 11.3 Å². The lowest BCUT2D eigenvalue weighted by Gasteiger charge is -2.09. The molecule has 0 unspecified atom stereocenters. The van der Waals surface area contributed by atoms with Crippen molar-refractivity contribution in [2.24, 2.45) is 0 Å². The summed E-state index contributed by atoms with van der Waals surface area (Å²) in [4.78, 5) is 15.1. The summed E-state index contributed by atoms with van der Waals surface area (Å²) in [5.74, 6) is 0.713. The zero-order valence-corrected chi connectivity index (χ0v) is 21.7. The molecule has 0 N–H and O–H groups in total. The van der Waals surface area contributed by atoms with Crippen molar-refractivity contribution in [2.75, 3.05) is 0 Å². The van der Waals surface area contributed by atoms with Gasteiger partial charge in [-0.05, 0) is 28.6 Å². The Kier molecular flexibility index (Phi) is 5.00. The summed E-state index contributed by atoms with van der Waals surface area (Å²) in [6.45, 7) is 0. The van der Waals surface area contributed by atoms with Gasteiger partial charge in [0.15, 0.2) is 5.82 Å². The van der Waals surface area contributed by atoms with E-state index >= 15 is 0 Å². The fourth-order valence-corrected chi connectivity index (χ4v) is 6.52. The number of pyridine rings is 1. The van der Waals surface area contributed by atoms with Crippen LogP contribution in [-0.4, -0.2) is 15.0 Å². The molecule has 4 heteroatoms. The fourth-order valence-electron chi connectivity index (χ4n) is 5.37. The second kappa shape index (κ2) is 8.83. The van der Waals surface area contributed by atoms with Crippen molar-refractivity contribution >= 4 is 53.3 Å². The second-order valence-corrected chi connectivity index (χ2v) is 10.7. The molecule has 0 fully saturated rings. The molecule has 0 aliphatic heterocycles. The van der Waals surface area contributed by atoms with Crippen molar-refractivity contribution in [1.29, 1.82) is 0 Å². The summed E-state index contributed by atoms with van der Waals surface area (Å²) in [5.41, 5.74) is 7.34. The average molecular weight is 516 g/mol. The molecule has 3 aromatic heterocycles. The number of nitrogens with zero attached hydrogens (tertiary/aromatic N) is 3. The van der Waals surface area contributed by atoms with Gasteiger partial charge < -0.3 is 0 Å².